The highest BCUT2D eigenvalue weighted by atomic mass is 32.2. The van der Waals surface area contributed by atoms with Gasteiger partial charge >= 0.3 is 0 Å². The highest BCUT2D eigenvalue weighted by Gasteiger charge is 2.20. The number of nitrogens with zero attached hydrogens (tertiary/aromatic N) is 1. The van der Waals surface area contributed by atoms with E-state index in [9.17, 15) is 14.0 Å². The molecule has 0 aliphatic carbocycles. The zero-order valence-electron chi connectivity index (χ0n) is 14.9. The molecule has 6 nitrogen and oxygen atoms in total. The van der Waals surface area contributed by atoms with Crippen LogP contribution >= 0.6 is 11.8 Å². The van der Waals surface area contributed by atoms with Crippen LogP contribution < -0.4 is 10.9 Å². The molecule has 1 atom stereocenters. The van der Waals surface area contributed by atoms with E-state index in [0.29, 0.717) is 17.3 Å². The van der Waals surface area contributed by atoms with Crippen molar-refractivity contribution in [2.75, 3.05) is 5.32 Å². The smallest absolute Gasteiger partial charge is 0.251 e. The van der Waals surface area contributed by atoms with Crippen LogP contribution in [-0.4, -0.2) is 27.2 Å². The van der Waals surface area contributed by atoms with Gasteiger partial charge in [0.2, 0.25) is 5.91 Å². The molecular weight excluding hydrogens is 357 g/mol. The number of hydrogen-bond acceptors (Lipinski definition) is 5. The summed E-state index contributed by atoms with van der Waals surface area (Å²) in [5.74, 6) is -0.853. The molecule has 0 aliphatic rings. The number of benzene rings is 1. The molecule has 0 saturated carbocycles. The van der Waals surface area contributed by atoms with Gasteiger partial charge in [-0.15, -0.1) is 0 Å². The summed E-state index contributed by atoms with van der Waals surface area (Å²) in [6.45, 7) is 5.84. The van der Waals surface area contributed by atoms with Crippen LogP contribution in [0.2, 0.25) is 0 Å². The van der Waals surface area contributed by atoms with E-state index in [1.165, 1.54) is 18.2 Å². The van der Waals surface area contributed by atoms with Crippen LogP contribution in [0, 0.1) is 5.82 Å². The molecule has 0 radical (unpaired) electrons. The zero-order valence-corrected chi connectivity index (χ0v) is 15.7. The number of H-pyrrole nitrogens is 1. The van der Waals surface area contributed by atoms with Crippen molar-refractivity contribution in [2.45, 2.75) is 50.3 Å². The fourth-order valence-electron chi connectivity index (χ4n) is 2.10. The Labute approximate surface area is 155 Å². The van der Waals surface area contributed by atoms with Crippen molar-refractivity contribution >= 4 is 23.4 Å². The van der Waals surface area contributed by atoms with Gasteiger partial charge in [-0.1, -0.05) is 30.8 Å². The van der Waals surface area contributed by atoms with Crippen molar-refractivity contribution < 1.29 is 13.9 Å². The SMILES string of the molecule is CCC(Sc1nc(COC(C)C)cc(=O)[nH]1)C(=O)Nc1ccccc1F. The van der Waals surface area contributed by atoms with Crippen LogP contribution in [0.3, 0.4) is 0 Å². The first-order valence-electron chi connectivity index (χ1n) is 8.33. The van der Waals surface area contributed by atoms with E-state index in [0.717, 1.165) is 11.8 Å². The van der Waals surface area contributed by atoms with Gasteiger partial charge in [0.1, 0.15) is 5.82 Å². The van der Waals surface area contributed by atoms with Crippen LogP contribution in [0.5, 0.6) is 0 Å². The second kappa shape index (κ2) is 9.49. The molecule has 8 heteroatoms. The fourth-order valence-corrected chi connectivity index (χ4v) is 3.03. The lowest BCUT2D eigenvalue weighted by Crippen LogP contribution is -2.26. The van der Waals surface area contributed by atoms with Crippen molar-refractivity contribution in [3.63, 3.8) is 0 Å². The van der Waals surface area contributed by atoms with Crippen molar-refractivity contribution in [3.05, 3.63) is 52.2 Å². The zero-order chi connectivity index (χ0) is 19.1. The molecule has 2 rings (SSSR count). The molecule has 0 aliphatic heterocycles. The lowest BCUT2D eigenvalue weighted by molar-refractivity contribution is -0.115. The van der Waals surface area contributed by atoms with Crippen LogP contribution in [0.25, 0.3) is 0 Å². The van der Waals surface area contributed by atoms with Crippen molar-refractivity contribution in [1.82, 2.24) is 9.97 Å². The van der Waals surface area contributed by atoms with E-state index in [1.54, 1.807) is 12.1 Å². The molecule has 0 saturated heterocycles. The van der Waals surface area contributed by atoms with E-state index in [4.69, 9.17) is 4.74 Å². The maximum Gasteiger partial charge on any atom is 0.251 e. The van der Waals surface area contributed by atoms with E-state index in [-0.39, 0.29) is 29.9 Å². The first kappa shape index (κ1) is 20.1. The fraction of sp³-hybridized carbons (Fsp3) is 0.389. The molecule has 1 unspecified atom stereocenters. The third kappa shape index (κ3) is 5.96. The minimum absolute atomic E-state index is 0.0159. The molecule has 2 N–H and O–H groups in total. The molecule has 0 bridgehead atoms. The summed E-state index contributed by atoms with van der Waals surface area (Å²) < 4.78 is 19.2. The van der Waals surface area contributed by atoms with Crippen molar-refractivity contribution in [3.8, 4) is 0 Å². The first-order chi connectivity index (χ1) is 12.4. The van der Waals surface area contributed by atoms with Crippen LogP contribution in [0.4, 0.5) is 10.1 Å². The Morgan fingerprint density at radius 2 is 2.12 bits per heavy atom. The predicted molar refractivity (Wildman–Crippen MR) is 99.7 cm³/mol. The minimum Gasteiger partial charge on any atom is -0.373 e. The number of aromatic amines is 1. The topological polar surface area (TPSA) is 84.1 Å². The van der Waals surface area contributed by atoms with Gasteiger partial charge in [0.05, 0.1) is 29.3 Å². The number of thioether (sulfide) groups is 1. The Morgan fingerprint density at radius 3 is 2.77 bits per heavy atom. The standard InChI is InChI=1S/C18H22FN3O3S/c1-4-15(17(24)21-14-8-6-5-7-13(14)19)26-18-20-12(9-16(23)22-18)10-25-11(2)3/h5-9,11,15H,4,10H2,1-3H3,(H,21,24)(H,20,22,23). The number of halogens is 1. The number of aromatic nitrogens is 2. The largest absolute Gasteiger partial charge is 0.373 e. The monoisotopic (exact) mass is 379 g/mol. The van der Waals surface area contributed by atoms with Gasteiger partial charge in [-0.2, -0.15) is 0 Å². The number of amides is 1. The number of carbonyl (C=O) groups excluding carboxylic acids is 1. The van der Waals surface area contributed by atoms with E-state index >= 15 is 0 Å². The summed E-state index contributed by atoms with van der Waals surface area (Å²) in [6, 6.07) is 7.34. The second-order valence-corrected chi connectivity index (χ2v) is 7.08. The van der Waals surface area contributed by atoms with Crippen molar-refractivity contribution in [1.29, 1.82) is 0 Å². The number of nitrogens with one attached hydrogen (secondary N) is 2. The number of ether oxygens (including phenoxy) is 1. The number of rotatable bonds is 8. The molecule has 1 heterocycles. The molecule has 2 aromatic rings. The summed E-state index contributed by atoms with van der Waals surface area (Å²) >= 11 is 1.13. The Kier molecular flexibility index (Phi) is 7.35. The Morgan fingerprint density at radius 1 is 1.38 bits per heavy atom. The van der Waals surface area contributed by atoms with Crippen LogP contribution in [0.15, 0.2) is 40.3 Å². The third-order valence-electron chi connectivity index (χ3n) is 3.39. The van der Waals surface area contributed by atoms with E-state index in [2.05, 4.69) is 15.3 Å². The summed E-state index contributed by atoms with van der Waals surface area (Å²) in [5.41, 5.74) is 0.306. The molecule has 26 heavy (non-hydrogen) atoms. The third-order valence-corrected chi connectivity index (χ3v) is 4.63. The second-order valence-electron chi connectivity index (χ2n) is 5.89. The van der Waals surface area contributed by atoms with Gasteiger partial charge in [-0.05, 0) is 32.4 Å². The molecular formula is C18H22FN3O3S. The molecule has 1 aromatic heterocycles. The summed E-state index contributed by atoms with van der Waals surface area (Å²) in [4.78, 5) is 31.2. The van der Waals surface area contributed by atoms with Gasteiger partial charge in [0, 0.05) is 6.07 Å². The van der Waals surface area contributed by atoms with Gasteiger partial charge < -0.3 is 15.0 Å². The molecule has 140 valence electrons. The Hall–Kier alpha value is -2.19. The molecule has 1 amide bonds. The number of para-hydroxylation sites is 1. The van der Waals surface area contributed by atoms with Gasteiger partial charge in [-0.3, -0.25) is 9.59 Å². The van der Waals surface area contributed by atoms with Crippen LogP contribution in [0.1, 0.15) is 32.9 Å². The first-order valence-corrected chi connectivity index (χ1v) is 9.21. The quantitative estimate of drug-likeness (QED) is 0.543. The summed E-state index contributed by atoms with van der Waals surface area (Å²) in [5, 5.41) is 2.37. The average Bonchev–Trinajstić information content (AvgIpc) is 2.59. The van der Waals surface area contributed by atoms with E-state index < -0.39 is 11.1 Å². The Bertz CT molecular complexity index is 810. The number of carbonyl (C=O) groups is 1. The number of anilines is 1. The normalized spacial score (nSPS) is 12.2. The highest BCUT2D eigenvalue weighted by Crippen LogP contribution is 2.24. The minimum atomic E-state index is -0.529. The van der Waals surface area contributed by atoms with Gasteiger partial charge in [-0.25, -0.2) is 9.37 Å². The maximum absolute atomic E-state index is 13.7. The van der Waals surface area contributed by atoms with Crippen LogP contribution in [-0.2, 0) is 16.1 Å². The molecule has 1 aromatic carbocycles. The summed E-state index contributed by atoms with van der Waals surface area (Å²) in [7, 11) is 0. The Balaban J connectivity index is 2.10. The average molecular weight is 379 g/mol. The van der Waals surface area contributed by atoms with Crippen molar-refractivity contribution in [2.24, 2.45) is 0 Å². The lowest BCUT2D eigenvalue weighted by atomic mass is 10.2. The highest BCUT2D eigenvalue weighted by molar-refractivity contribution is 8.00. The lowest BCUT2D eigenvalue weighted by Gasteiger charge is -2.15. The predicted octanol–water partition coefficient (Wildman–Crippen LogP) is 3.34. The maximum atomic E-state index is 13.7. The van der Waals surface area contributed by atoms with Gasteiger partial charge in [0.15, 0.2) is 5.16 Å². The number of hydrogen-bond donors (Lipinski definition) is 2. The van der Waals surface area contributed by atoms with E-state index in [1.807, 2.05) is 20.8 Å². The molecule has 0 fully saturated rings. The molecule has 0 spiro atoms. The van der Waals surface area contributed by atoms with Gasteiger partial charge in [0.25, 0.3) is 5.56 Å². The summed E-state index contributed by atoms with van der Waals surface area (Å²) in [6.07, 6.45) is 0.503.